The lowest BCUT2D eigenvalue weighted by molar-refractivity contribution is 0.0536. The Morgan fingerprint density at radius 1 is 1.33 bits per heavy atom. The molecule has 1 atom stereocenters. The van der Waals surface area contributed by atoms with Crippen molar-refractivity contribution in [2.75, 3.05) is 19.8 Å². The molecule has 1 amide bonds. The van der Waals surface area contributed by atoms with Gasteiger partial charge in [0.1, 0.15) is 5.56 Å². The number of amides is 1. The second-order valence-electron chi connectivity index (χ2n) is 6.28. The molecule has 2 aromatic rings. The maximum atomic E-state index is 12.2. The minimum atomic E-state index is -0.369. The molecule has 126 valence electrons. The van der Waals surface area contributed by atoms with Gasteiger partial charge in [-0.05, 0) is 49.4 Å². The summed E-state index contributed by atoms with van der Waals surface area (Å²) in [5.41, 5.74) is 2.53. The summed E-state index contributed by atoms with van der Waals surface area (Å²) >= 11 is 0. The van der Waals surface area contributed by atoms with Gasteiger partial charge in [-0.15, -0.1) is 0 Å². The van der Waals surface area contributed by atoms with Crippen molar-refractivity contribution in [3.05, 3.63) is 57.9 Å². The van der Waals surface area contributed by atoms with Crippen molar-refractivity contribution in [2.24, 2.45) is 5.92 Å². The molecule has 1 aromatic heterocycles. The summed E-state index contributed by atoms with van der Waals surface area (Å²) in [6, 6.07) is 11.2. The van der Waals surface area contributed by atoms with Gasteiger partial charge < -0.3 is 15.0 Å². The number of ether oxygens (including phenoxy) is 1. The molecule has 1 aliphatic heterocycles. The van der Waals surface area contributed by atoms with Crippen molar-refractivity contribution < 1.29 is 9.53 Å². The van der Waals surface area contributed by atoms with E-state index in [2.05, 4.69) is 10.3 Å². The molecule has 0 aliphatic carbocycles. The van der Waals surface area contributed by atoms with Crippen LogP contribution in [0.5, 0.6) is 0 Å². The van der Waals surface area contributed by atoms with Gasteiger partial charge in [0.15, 0.2) is 0 Å². The van der Waals surface area contributed by atoms with Crippen molar-refractivity contribution >= 4 is 5.91 Å². The fraction of sp³-hybridized carbons (Fsp3) is 0.368. The minimum Gasteiger partial charge on any atom is -0.381 e. The quantitative estimate of drug-likeness (QED) is 0.907. The van der Waals surface area contributed by atoms with Crippen LogP contribution in [0.3, 0.4) is 0 Å². The van der Waals surface area contributed by atoms with E-state index < -0.39 is 0 Å². The fourth-order valence-corrected chi connectivity index (χ4v) is 2.93. The van der Waals surface area contributed by atoms with Crippen molar-refractivity contribution in [2.45, 2.75) is 19.8 Å². The smallest absolute Gasteiger partial charge is 0.261 e. The van der Waals surface area contributed by atoms with E-state index in [1.807, 2.05) is 31.2 Å². The van der Waals surface area contributed by atoms with E-state index in [-0.39, 0.29) is 17.0 Å². The standard InChI is InChI=1S/C19H22N2O3/c1-13-4-2-6-15(10-13)17-8-7-16(19(23)21-17)18(22)20-11-14-5-3-9-24-12-14/h2,4,6-8,10,14H,3,5,9,11-12H2,1H3,(H,20,22)(H,21,23)/t14-/m1/s1. The highest BCUT2D eigenvalue weighted by Gasteiger charge is 2.17. The highest BCUT2D eigenvalue weighted by molar-refractivity contribution is 5.94. The number of hydrogen-bond donors (Lipinski definition) is 2. The van der Waals surface area contributed by atoms with Crippen LogP contribution in [0.25, 0.3) is 11.3 Å². The van der Waals surface area contributed by atoms with Crippen LogP contribution in [-0.2, 0) is 4.74 Å². The monoisotopic (exact) mass is 326 g/mol. The van der Waals surface area contributed by atoms with E-state index in [0.29, 0.717) is 24.8 Å². The number of carbonyl (C=O) groups excluding carboxylic acids is 1. The number of nitrogens with one attached hydrogen (secondary N) is 2. The Labute approximate surface area is 141 Å². The van der Waals surface area contributed by atoms with Gasteiger partial charge in [0.2, 0.25) is 0 Å². The fourth-order valence-electron chi connectivity index (χ4n) is 2.93. The summed E-state index contributed by atoms with van der Waals surface area (Å²) in [4.78, 5) is 27.3. The first-order valence-corrected chi connectivity index (χ1v) is 8.30. The number of aryl methyl sites for hydroxylation is 1. The molecule has 5 nitrogen and oxygen atoms in total. The number of carbonyl (C=O) groups is 1. The van der Waals surface area contributed by atoms with Gasteiger partial charge in [-0.25, -0.2) is 0 Å². The molecule has 0 bridgehead atoms. The van der Waals surface area contributed by atoms with Crippen LogP contribution in [0.1, 0.15) is 28.8 Å². The lowest BCUT2D eigenvalue weighted by atomic mass is 10.0. The van der Waals surface area contributed by atoms with Crippen LogP contribution in [0.4, 0.5) is 0 Å². The van der Waals surface area contributed by atoms with E-state index in [4.69, 9.17) is 4.74 Å². The summed E-state index contributed by atoms with van der Waals surface area (Å²) in [5.74, 6) is -0.00837. The first-order valence-electron chi connectivity index (χ1n) is 8.30. The predicted molar refractivity (Wildman–Crippen MR) is 93.1 cm³/mol. The molecule has 1 aromatic carbocycles. The van der Waals surface area contributed by atoms with Crippen LogP contribution in [-0.4, -0.2) is 30.6 Å². The van der Waals surface area contributed by atoms with Gasteiger partial charge in [0.05, 0.1) is 6.61 Å². The number of hydrogen-bond acceptors (Lipinski definition) is 3. The molecule has 1 saturated heterocycles. The molecule has 0 spiro atoms. The number of H-pyrrole nitrogens is 1. The molecule has 0 radical (unpaired) electrons. The first-order chi connectivity index (χ1) is 11.6. The zero-order valence-electron chi connectivity index (χ0n) is 13.8. The Bertz CT molecular complexity index is 776. The molecule has 1 fully saturated rings. The van der Waals surface area contributed by atoms with E-state index in [1.54, 1.807) is 12.1 Å². The van der Waals surface area contributed by atoms with Crippen LogP contribution in [0.2, 0.25) is 0 Å². The minimum absolute atomic E-state index is 0.142. The SMILES string of the molecule is Cc1cccc(-c2ccc(C(=O)NC[C@H]3CCCOC3)c(=O)[nH]2)c1. The molecule has 0 saturated carbocycles. The normalized spacial score (nSPS) is 17.5. The van der Waals surface area contributed by atoms with Gasteiger partial charge in [-0.2, -0.15) is 0 Å². The number of aromatic amines is 1. The molecule has 2 N–H and O–H groups in total. The zero-order chi connectivity index (χ0) is 16.9. The molecule has 1 aliphatic rings. The molecule has 24 heavy (non-hydrogen) atoms. The Morgan fingerprint density at radius 2 is 2.21 bits per heavy atom. The summed E-state index contributed by atoms with van der Waals surface area (Å²) in [6.45, 7) is 4.00. The van der Waals surface area contributed by atoms with Gasteiger partial charge in [0.25, 0.3) is 11.5 Å². The van der Waals surface area contributed by atoms with Gasteiger partial charge in [-0.1, -0.05) is 23.8 Å². The van der Waals surface area contributed by atoms with Crippen LogP contribution < -0.4 is 10.9 Å². The third-order valence-corrected chi connectivity index (χ3v) is 4.29. The molecule has 5 heteroatoms. The lowest BCUT2D eigenvalue weighted by Gasteiger charge is -2.22. The molecular formula is C19H22N2O3. The number of rotatable bonds is 4. The van der Waals surface area contributed by atoms with E-state index in [1.165, 1.54) is 0 Å². The topological polar surface area (TPSA) is 71.2 Å². The van der Waals surface area contributed by atoms with Gasteiger partial charge in [0, 0.05) is 18.8 Å². The zero-order valence-corrected chi connectivity index (χ0v) is 13.8. The van der Waals surface area contributed by atoms with E-state index >= 15 is 0 Å². The number of benzene rings is 1. The van der Waals surface area contributed by atoms with Crippen molar-refractivity contribution in [1.82, 2.24) is 10.3 Å². The second-order valence-corrected chi connectivity index (χ2v) is 6.28. The maximum Gasteiger partial charge on any atom is 0.261 e. The van der Waals surface area contributed by atoms with Crippen LogP contribution in [0, 0.1) is 12.8 Å². The maximum absolute atomic E-state index is 12.2. The van der Waals surface area contributed by atoms with Crippen molar-refractivity contribution in [3.63, 3.8) is 0 Å². The van der Waals surface area contributed by atoms with Gasteiger partial charge in [-0.3, -0.25) is 9.59 Å². The van der Waals surface area contributed by atoms with Crippen LogP contribution >= 0.6 is 0 Å². The summed E-state index contributed by atoms with van der Waals surface area (Å²) in [6.07, 6.45) is 2.06. The first kappa shape index (κ1) is 16.5. The summed E-state index contributed by atoms with van der Waals surface area (Å²) in [7, 11) is 0. The number of pyridine rings is 1. The number of aromatic nitrogens is 1. The van der Waals surface area contributed by atoms with E-state index in [0.717, 1.165) is 30.6 Å². The average Bonchev–Trinajstić information content (AvgIpc) is 2.60. The Hall–Kier alpha value is -2.40. The van der Waals surface area contributed by atoms with Crippen molar-refractivity contribution in [1.29, 1.82) is 0 Å². The molecule has 2 heterocycles. The summed E-state index contributed by atoms with van der Waals surface area (Å²) < 4.78 is 5.40. The molecule has 3 rings (SSSR count). The van der Waals surface area contributed by atoms with Crippen molar-refractivity contribution in [3.8, 4) is 11.3 Å². The highest BCUT2D eigenvalue weighted by atomic mass is 16.5. The Balaban J connectivity index is 1.70. The molecular weight excluding hydrogens is 304 g/mol. The Morgan fingerprint density at radius 3 is 2.92 bits per heavy atom. The van der Waals surface area contributed by atoms with Gasteiger partial charge >= 0.3 is 0 Å². The third-order valence-electron chi connectivity index (χ3n) is 4.29. The third kappa shape index (κ3) is 3.92. The lowest BCUT2D eigenvalue weighted by Crippen LogP contribution is -2.35. The highest BCUT2D eigenvalue weighted by Crippen LogP contribution is 2.17. The average molecular weight is 326 g/mol. The Kier molecular flexibility index (Phi) is 5.11. The largest absolute Gasteiger partial charge is 0.381 e. The predicted octanol–water partition coefficient (Wildman–Crippen LogP) is 2.51. The van der Waals surface area contributed by atoms with E-state index in [9.17, 15) is 9.59 Å². The second kappa shape index (κ2) is 7.45. The summed E-state index contributed by atoms with van der Waals surface area (Å²) in [5, 5.41) is 2.84. The van der Waals surface area contributed by atoms with Crippen LogP contribution in [0.15, 0.2) is 41.2 Å². The molecule has 0 unspecified atom stereocenters.